The van der Waals surface area contributed by atoms with Crippen LogP contribution in [0.1, 0.15) is 16.7 Å². The molecule has 1 heterocycles. The molecule has 0 radical (unpaired) electrons. The average molecular weight is 448 g/mol. The number of aliphatic hydroxyl groups excluding tert-OH is 2. The standard InChI is InChI=1S/C26H26FN3O3/c27-20-8-11-22-23(16-20)29-26(33)24(22)25(19-4-2-1-3-5-19)28-21-9-6-18(7-10-21)17-30(12-14-31)13-15-32/h1-11,16,29,31-33H,12-15,17H2. The fourth-order valence-corrected chi connectivity index (χ4v) is 3.87. The molecule has 3 aromatic carbocycles. The molecule has 0 atom stereocenters. The molecule has 0 unspecified atom stereocenters. The number of aromatic amines is 1. The van der Waals surface area contributed by atoms with E-state index in [2.05, 4.69) is 4.98 Å². The number of aliphatic hydroxyl groups is 2. The van der Waals surface area contributed by atoms with Crippen LogP contribution < -0.4 is 0 Å². The van der Waals surface area contributed by atoms with Crippen molar-refractivity contribution in [1.29, 1.82) is 0 Å². The largest absolute Gasteiger partial charge is 0.494 e. The zero-order chi connectivity index (χ0) is 23.2. The number of H-pyrrole nitrogens is 1. The number of benzene rings is 3. The second kappa shape index (κ2) is 10.4. The quantitative estimate of drug-likeness (QED) is 0.292. The lowest BCUT2D eigenvalue weighted by Crippen LogP contribution is -2.29. The van der Waals surface area contributed by atoms with Crippen molar-refractivity contribution in [1.82, 2.24) is 9.88 Å². The number of rotatable bonds is 9. The Hall–Kier alpha value is -3.52. The van der Waals surface area contributed by atoms with Gasteiger partial charge in [0.1, 0.15) is 5.82 Å². The molecule has 0 aliphatic carbocycles. The van der Waals surface area contributed by atoms with E-state index in [-0.39, 0.29) is 24.9 Å². The van der Waals surface area contributed by atoms with Crippen LogP contribution in [0, 0.1) is 5.82 Å². The topological polar surface area (TPSA) is 92.1 Å². The van der Waals surface area contributed by atoms with Gasteiger partial charge in [-0.1, -0.05) is 42.5 Å². The van der Waals surface area contributed by atoms with Gasteiger partial charge in [-0.25, -0.2) is 9.38 Å². The summed E-state index contributed by atoms with van der Waals surface area (Å²) in [7, 11) is 0. The van der Waals surface area contributed by atoms with Crippen molar-refractivity contribution < 1.29 is 19.7 Å². The average Bonchev–Trinajstić information content (AvgIpc) is 3.14. The molecule has 7 heteroatoms. The number of nitrogens with zero attached hydrogens (tertiary/aromatic N) is 2. The minimum Gasteiger partial charge on any atom is -0.494 e. The van der Waals surface area contributed by atoms with Crippen molar-refractivity contribution in [2.75, 3.05) is 26.3 Å². The summed E-state index contributed by atoms with van der Waals surface area (Å²) >= 11 is 0. The van der Waals surface area contributed by atoms with Gasteiger partial charge in [0.25, 0.3) is 0 Å². The number of aromatic nitrogens is 1. The number of aliphatic imine (C=N–C) groups is 1. The van der Waals surface area contributed by atoms with Crippen LogP contribution in [0.15, 0.2) is 77.8 Å². The SMILES string of the molecule is OCCN(CCO)Cc1ccc(N=C(c2ccccc2)c2c(O)[nH]c3cc(F)ccc23)cc1. The van der Waals surface area contributed by atoms with E-state index in [0.717, 1.165) is 11.1 Å². The molecule has 0 aliphatic rings. The Bertz CT molecular complexity index is 1230. The maximum Gasteiger partial charge on any atom is 0.199 e. The highest BCUT2D eigenvalue weighted by molar-refractivity contribution is 6.21. The second-order valence-electron chi connectivity index (χ2n) is 7.75. The number of nitrogens with one attached hydrogen (secondary N) is 1. The van der Waals surface area contributed by atoms with Gasteiger partial charge in [-0.15, -0.1) is 0 Å². The molecular weight excluding hydrogens is 421 g/mol. The van der Waals surface area contributed by atoms with Crippen molar-refractivity contribution >= 4 is 22.3 Å². The highest BCUT2D eigenvalue weighted by Gasteiger charge is 2.19. The summed E-state index contributed by atoms with van der Waals surface area (Å²) < 4.78 is 13.7. The Labute approximate surface area is 191 Å². The molecule has 0 aliphatic heterocycles. The Kier molecular flexibility index (Phi) is 7.14. The van der Waals surface area contributed by atoms with Gasteiger partial charge in [0, 0.05) is 30.6 Å². The third-order valence-electron chi connectivity index (χ3n) is 5.44. The molecule has 6 nitrogen and oxygen atoms in total. The van der Waals surface area contributed by atoms with Gasteiger partial charge >= 0.3 is 0 Å². The summed E-state index contributed by atoms with van der Waals surface area (Å²) in [5.41, 5.74) is 4.12. The minimum atomic E-state index is -0.388. The smallest absolute Gasteiger partial charge is 0.199 e. The maximum atomic E-state index is 13.7. The van der Waals surface area contributed by atoms with Crippen LogP contribution in [0.4, 0.5) is 10.1 Å². The van der Waals surface area contributed by atoms with Gasteiger partial charge in [0.2, 0.25) is 0 Å². The van der Waals surface area contributed by atoms with Gasteiger partial charge in [-0.2, -0.15) is 0 Å². The predicted octanol–water partition coefficient (Wildman–Crippen LogP) is 3.97. The van der Waals surface area contributed by atoms with E-state index < -0.39 is 0 Å². The van der Waals surface area contributed by atoms with Crippen LogP contribution >= 0.6 is 0 Å². The van der Waals surface area contributed by atoms with Crippen LogP contribution in [-0.4, -0.2) is 57.2 Å². The summed E-state index contributed by atoms with van der Waals surface area (Å²) in [5, 5.41) is 29.8. The number of fused-ring (bicyclic) bond motifs is 1. The Morgan fingerprint density at radius 1 is 0.909 bits per heavy atom. The van der Waals surface area contributed by atoms with Gasteiger partial charge in [0.05, 0.1) is 35.7 Å². The maximum absolute atomic E-state index is 13.7. The van der Waals surface area contributed by atoms with E-state index in [1.165, 1.54) is 12.1 Å². The van der Waals surface area contributed by atoms with Gasteiger partial charge in [0.15, 0.2) is 5.88 Å². The number of aromatic hydroxyl groups is 1. The molecular formula is C26H26FN3O3. The molecule has 0 bridgehead atoms. The minimum absolute atomic E-state index is 0.0286. The molecule has 0 amide bonds. The van der Waals surface area contributed by atoms with Crippen molar-refractivity contribution in [3.8, 4) is 5.88 Å². The van der Waals surface area contributed by atoms with Crippen molar-refractivity contribution in [3.63, 3.8) is 0 Å². The van der Waals surface area contributed by atoms with Crippen LogP contribution in [0.2, 0.25) is 0 Å². The third-order valence-corrected chi connectivity index (χ3v) is 5.44. The van der Waals surface area contributed by atoms with Crippen LogP contribution in [-0.2, 0) is 6.54 Å². The summed E-state index contributed by atoms with van der Waals surface area (Å²) in [5.74, 6) is -0.459. The Morgan fingerprint density at radius 3 is 2.27 bits per heavy atom. The van der Waals surface area contributed by atoms with Crippen molar-refractivity contribution in [3.05, 3.63) is 95.3 Å². The van der Waals surface area contributed by atoms with E-state index in [1.807, 2.05) is 59.5 Å². The highest BCUT2D eigenvalue weighted by Crippen LogP contribution is 2.32. The lowest BCUT2D eigenvalue weighted by molar-refractivity contribution is 0.156. The molecule has 33 heavy (non-hydrogen) atoms. The molecule has 170 valence electrons. The monoisotopic (exact) mass is 447 g/mol. The number of hydrogen-bond donors (Lipinski definition) is 4. The molecule has 0 saturated heterocycles. The molecule has 1 aromatic heterocycles. The van der Waals surface area contributed by atoms with E-state index in [1.54, 1.807) is 6.07 Å². The summed E-state index contributed by atoms with van der Waals surface area (Å²) in [6, 6.07) is 21.6. The van der Waals surface area contributed by atoms with Gasteiger partial charge < -0.3 is 20.3 Å². The fourth-order valence-electron chi connectivity index (χ4n) is 3.87. The van der Waals surface area contributed by atoms with Crippen LogP contribution in [0.5, 0.6) is 5.88 Å². The molecule has 0 spiro atoms. The lowest BCUT2D eigenvalue weighted by Gasteiger charge is -2.20. The van der Waals surface area contributed by atoms with E-state index in [9.17, 15) is 19.7 Å². The van der Waals surface area contributed by atoms with Crippen molar-refractivity contribution in [2.24, 2.45) is 4.99 Å². The second-order valence-corrected chi connectivity index (χ2v) is 7.75. The molecule has 4 aromatic rings. The van der Waals surface area contributed by atoms with E-state index in [4.69, 9.17) is 4.99 Å². The molecule has 0 fully saturated rings. The third kappa shape index (κ3) is 5.28. The van der Waals surface area contributed by atoms with E-state index in [0.29, 0.717) is 47.5 Å². The number of halogens is 1. The molecule has 4 N–H and O–H groups in total. The predicted molar refractivity (Wildman–Crippen MR) is 128 cm³/mol. The molecule has 0 saturated carbocycles. The van der Waals surface area contributed by atoms with Gasteiger partial charge in [-0.3, -0.25) is 4.90 Å². The fraction of sp³-hybridized carbons (Fsp3) is 0.192. The normalized spacial score (nSPS) is 12.1. The summed E-state index contributed by atoms with van der Waals surface area (Å²) in [6.45, 7) is 1.63. The first-order valence-electron chi connectivity index (χ1n) is 10.8. The van der Waals surface area contributed by atoms with Gasteiger partial charge in [-0.05, 0) is 35.9 Å². The Balaban J connectivity index is 1.73. The van der Waals surface area contributed by atoms with E-state index >= 15 is 0 Å². The summed E-state index contributed by atoms with van der Waals surface area (Å²) in [4.78, 5) is 9.66. The first-order valence-corrected chi connectivity index (χ1v) is 10.8. The summed E-state index contributed by atoms with van der Waals surface area (Å²) in [6.07, 6.45) is 0. The lowest BCUT2D eigenvalue weighted by atomic mass is 10.0. The van der Waals surface area contributed by atoms with Crippen LogP contribution in [0.3, 0.4) is 0 Å². The Morgan fingerprint density at radius 2 is 1.61 bits per heavy atom. The zero-order valence-electron chi connectivity index (χ0n) is 18.1. The highest BCUT2D eigenvalue weighted by atomic mass is 19.1. The first-order chi connectivity index (χ1) is 16.1. The number of hydrogen-bond acceptors (Lipinski definition) is 5. The van der Waals surface area contributed by atoms with Crippen molar-refractivity contribution in [2.45, 2.75) is 6.54 Å². The van der Waals surface area contributed by atoms with Crippen LogP contribution in [0.25, 0.3) is 10.9 Å². The first kappa shape index (κ1) is 22.7. The molecule has 4 rings (SSSR count). The zero-order valence-corrected chi connectivity index (χ0v) is 18.1.